The summed E-state index contributed by atoms with van der Waals surface area (Å²) in [5.41, 5.74) is 1.63. The van der Waals surface area contributed by atoms with Crippen molar-refractivity contribution in [2.45, 2.75) is 6.42 Å². The first-order valence-electron chi connectivity index (χ1n) is 8.32. The third kappa shape index (κ3) is 6.58. The molecule has 0 spiro atoms. The second-order valence-electron chi connectivity index (χ2n) is 5.54. The summed E-state index contributed by atoms with van der Waals surface area (Å²) in [6, 6.07) is 14.7. The molecule has 0 aromatic heterocycles. The van der Waals surface area contributed by atoms with E-state index in [0.29, 0.717) is 29.6 Å². The lowest BCUT2D eigenvalue weighted by molar-refractivity contribution is 0.0954. The first kappa shape index (κ1) is 20.1. The van der Waals surface area contributed by atoms with Gasteiger partial charge in [-0.05, 0) is 36.2 Å². The van der Waals surface area contributed by atoms with E-state index in [0.717, 1.165) is 23.6 Å². The highest BCUT2D eigenvalue weighted by Gasteiger charge is 2.08. The zero-order valence-electron chi connectivity index (χ0n) is 14.6. The summed E-state index contributed by atoms with van der Waals surface area (Å²) in [7, 11) is 1.71. The molecule has 26 heavy (non-hydrogen) atoms. The average molecular weight is 393 g/mol. The van der Waals surface area contributed by atoms with Crippen molar-refractivity contribution in [3.8, 4) is 0 Å². The number of aliphatic imine (C=N–C) groups is 1. The van der Waals surface area contributed by atoms with Crippen LogP contribution in [0, 0.1) is 0 Å². The molecule has 0 fully saturated rings. The summed E-state index contributed by atoms with van der Waals surface area (Å²) in [4.78, 5) is 16.2. The van der Waals surface area contributed by atoms with Gasteiger partial charge in [-0.15, -0.1) is 0 Å². The standard InChI is InChI=1S/C19H22Cl2N4O/c1-22-19(24-10-9-14-5-4-6-15(20)13-14)25-12-11-23-18(26)16-7-2-3-8-17(16)21/h2-8,13H,9-12H2,1H3,(H,23,26)(H2,22,24,25). The fourth-order valence-corrected chi connectivity index (χ4v) is 2.77. The van der Waals surface area contributed by atoms with Crippen molar-refractivity contribution >= 4 is 35.1 Å². The molecule has 0 saturated heterocycles. The second kappa shape index (κ2) is 10.7. The summed E-state index contributed by atoms with van der Waals surface area (Å²) in [6.07, 6.45) is 0.838. The van der Waals surface area contributed by atoms with Crippen LogP contribution in [0.4, 0.5) is 0 Å². The molecule has 0 bridgehead atoms. The number of carbonyl (C=O) groups is 1. The summed E-state index contributed by atoms with van der Waals surface area (Å²) in [5.74, 6) is 0.486. The largest absolute Gasteiger partial charge is 0.356 e. The van der Waals surface area contributed by atoms with Crippen LogP contribution in [0.15, 0.2) is 53.5 Å². The lowest BCUT2D eigenvalue weighted by Crippen LogP contribution is -2.42. The molecule has 0 atom stereocenters. The SMILES string of the molecule is CN=C(NCCNC(=O)c1ccccc1Cl)NCCc1cccc(Cl)c1. The molecule has 0 aliphatic heterocycles. The Hall–Kier alpha value is -2.24. The number of hydrogen-bond acceptors (Lipinski definition) is 2. The minimum Gasteiger partial charge on any atom is -0.356 e. The topological polar surface area (TPSA) is 65.5 Å². The van der Waals surface area contributed by atoms with Gasteiger partial charge >= 0.3 is 0 Å². The predicted octanol–water partition coefficient (Wildman–Crippen LogP) is 3.13. The number of benzene rings is 2. The van der Waals surface area contributed by atoms with Crippen LogP contribution in [0.2, 0.25) is 10.0 Å². The van der Waals surface area contributed by atoms with E-state index >= 15 is 0 Å². The van der Waals surface area contributed by atoms with Crippen LogP contribution in [0.25, 0.3) is 0 Å². The van der Waals surface area contributed by atoms with Gasteiger partial charge in [-0.3, -0.25) is 9.79 Å². The molecule has 0 saturated carbocycles. The first-order valence-corrected chi connectivity index (χ1v) is 9.07. The Labute approximate surface area is 163 Å². The Morgan fingerprint density at radius 3 is 2.42 bits per heavy atom. The normalized spacial score (nSPS) is 11.1. The van der Waals surface area contributed by atoms with Gasteiger partial charge in [0.15, 0.2) is 5.96 Å². The highest BCUT2D eigenvalue weighted by Crippen LogP contribution is 2.14. The van der Waals surface area contributed by atoms with Gasteiger partial charge in [0.2, 0.25) is 0 Å². The molecule has 2 aromatic rings. The maximum absolute atomic E-state index is 12.1. The average Bonchev–Trinajstić information content (AvgIpc) is 2.64. The summed E-state index contributed by atoms with van der Waals surface area (Å²) >= 11 is 12.0. The number of carbonyl (C=O) groups excluding carboxylic acids is 1. The Morgan fingerprint density at radius 1 is 0.962 bits per heavy atom. The molecular weight excluding hydrogens is 371 g/mol. The van der Waals surface area contributed by atoms with E-state index in [1.165, 1.54) is 0 Å². The number of rotatable bonds is 7. The number of hydrogen-bond donors (Lipinski definition) is 3. The van der Waals surface area contributed by atoms with Crippen molar-refractivity contribution in [1.82, 2.24) is 16.0 Å². The molecule has 0 aliphatic carbocycles. The maximum atomic E-state index is 12.1. The second-order valence-corrected chi connectivity index (χ2v) is 6.39. The van der Waals surface area contributed by atoms with Crippen LogP contribution in [-0.2, 0) is 6.42 Å². The van der Waals surface area contributed by atoms with Crippen molar-refractivity contribution in [3.63, 3.8) is 0 Å². The van der Waals surface area contributed by atoms with Crippen molar-refractivity contribution < 1.29 is 4.79 Å². The van der Waals surface area contributed by atoms with Gasteiger partial charge in [0.1, 0.15) is 0 Å². The summed E-state index contributed by atoms with van der Waals surface area (Å²) in [5, 5.41) is 10.4. The van der Waals surface area contributed by atoms with E-state index in [9.17, 15) is 4.79 Å². The van der Waals surface area contributed by atoms with Crippen molar-refractivity contribution in [1.29, 1.82) is 0 Å². The summed E-state index contributed by atoms with van der Waals surface area (Å²) in [6.45, 7) is 1.73. The zero-order valence-corrected chi connectivity index (χ0v) is 16.1. The van der Waals surface area contributed by atoms with Crippen LogP contribution >= 0.6 is 23.2 Å². The molecule has 0 heterocycles. The molecular formula is C19H22Cl2N4O. The van der Waals surface area contributed by atoms with Gasteiger partial charge in [0.25, 0.3) is 5.91 Å². The Bertz CT molecular complexity index is 765. The molecule has 5 nitrogen and oxygen atoms in total. The Kier molecular flexibility index (Phi) is 8.25. The third-order valence-electron chi connectivity index (χ3n) is 3.64. The summed E-state index contributed by atoms with van der Waals surface area (Å²) < 4.78 is 0. The van der Waals surface area contributed by atoms with Crippen LogP contribution in [-0.4, -0.2) is 38.5 Å². The van der Waals surface area contributed by atoms with Crippen LogP contribution in [0.1, 0.15) is 15.9 Å². The molecule has 0 radical (unpaired) electrons. The molecule has 2 aromatic carbocycles. The van der Waals surface area contributed by atoms with Gasteiger partial charge in [-0.2, -0.15) is 0 Å². The van der Waals surface area contributed by atoms with Crippen molar-refractivity contribution in [2.24, 2.45) is 4.99 Å². The highest BCUT2D eigenvalue weighted by molar-refractivity contribution is 6.33. The van der Waals surface area contributed by atoms with Gasteiger partial charge in [0.05, 0.1) is 10.6 Å². The minimum absolute atomic E-state index is 0.193. The van der Waals surface area contributed by atoms with E-state index in [1.807, 2.05) is 24.3 Å². The molecule has 0 unspecified atom stereocenters. The van der Waals surface area contributed by atoms with Crippen molar-refractivity contribution in [3.05, 3.63) is 69.7 Å². The fraction of sp³-hybridized carbons (Fsp3) is 0.263. The molecule has 0 aliphatic rings. The van der Waals surface area contributed by atoms with Crippen LogP contribution in [0.5, 0.6) is 0 Å². The van der Waals surface area contributed by atoms with E-state index < -0.39 is 0 Å². The highest BCUT2D eigenvalue weighted by atomic mass is 35.5. The van der Waals surface area contributed by atoms with Crippen molar-refractivity contribution in [2.75, 3.05) is 26.7 Å². The number of amides is 1. The van der Waals surface area contributed by atoms with Gasteiger partial charge in [-0.1, -0.05) is 47.5 Å². The number of halogens is 2. The number of nitrogens with zero attached hydrogens (tertiary/aromatic N) is 1. The van der Waals surface area contributed by atoms with E-state index in [4.69, 9.17) is 23.2 Å². The van der Waals surface area contributed by atoms with E-state index in [2.05, 4.69) is 20.9 Å². The maximum Gasteiger partial charge on any atom is 0.252 e. The van der Waals surface area contributed by atoms with Gasteiger partial charge < -0.3 is 16.0 Å². The fourth-order valence-electron chi connectivity index (χ4n) is 2.34. The van der Waals surface area contributed by atoms with Crippen LogP contribution < -0.4 is 16.0 Å². The lowest BCUT2D eigenvalue weighted by Gasteiger charge is -2.12. The minimum atomic E-state index is -0.193. The van der Waals surface area contributed by atoms with Gasteiger partial charge in [0, 0.05) is 31.7 Å². The molecule has 3 N–H and O–H groups in total. The van der Waals surface area contributed by atoms with Gasteiger partial charge in [-0.25, -0.2) is 0 Å². The van der Waals surface area contributed by atoms with E-state index in [-0.39, 0.29) is 5.91 Å². The number of nitrogens with one attached hydrogen (secondary N) is 3. The smallest absolute Gasteiger partial charge is 0.252 e. The lowest BCUT2D eigenvalue weighted by atomic mass is 10.1. The Balaban J connectivity index is 1.67. The molecule has 138 valence electrons. The first-order chi connectivity index (χ1) is 12.6. The molecule has 1 amide bonds. The molecule has 7 heteroatoms. The zero-order chi connectivity index (χ0) is 18.8. The van der Waals surface area contributed by atoms with Crippen LogP contribution in [0.3, 0.4) is 0 Å². The number of guanidine groups is 1. The predicted molar refractivity (Wildman–Crippen MR) is 108 cm³/mol. The molecule has 2 rings (SSSR count). The monoisotopic (exact) mass is 392 g/mol. The quantitative estimate of drug-likeness (QED) is 0.385. The third-order valence-corrected chi connectivity index (χ3v) is 4.20. The van der Waals surface area contributed by atoms with E-state index in [1.54, 1.807) is 31.3 Å². The Morgan fingerprint density at radius 2 is 1.69 bits per heavy atom.